The van der Waals surface area contributed by atoms with E-state index >= 15 is 0 Å². The summed E-state index contributed by atoms with van der Waals surface area (Å²) in [6.45, 7) is 2.00. The predicted molar refractivity (Wildman–Crippen MR) is 60.8 cm³/mol. The monoisotopic (exact) mass is 220 g/mol. The third-order valence-corrected chi connectivity index (χ3v) is 3.80. The SMILES string of the molecule is Cc1csc(-c2n[nH]c(C3CC3)n2)c1N. The quantitative estimate of drug-likeness (QED) is 0.816. The minimum Gasteiger partial charge on any atom is -0.397 e. The molecule has 0 saturated heterocycles. The number of nitrogens with zero attached hydrogens (tertiary/aromatic N) is 2. The largest absolute Gasteiger partial charge is 0.397 e. The Bertz CT molecular complexity index is 495. The van der Waals surface area contributed by atoms with Crippen LogP contribution in [0.5, 0.6) is 0 Å². The summed E-state index contributed by atoms with van der Waals surface area (Å²) in [5.74, 6) is 2.36. The van der Waals surface area contributed by atoms with E-state index in [0.29, 0.717) is 5.92 Å². The second-order valence-electron chi connectivity index (χ2n) is 3.98. The Kier molecular flexibility index (Phi) is 1.82. The summed E-state index contributed by atoms with van der Waals surface area (Å²) in [5, 5.41) is 9.25. The molecule has 0 radical (unpaired) electrons. The minimum atomic E-state index is 0.605. The summed E-state index contributed by atoms with van der Waals surface area (Å²) >= 11 is 1.60. The van der Waals surface area contributed by atoms with E-state index in [-0.39, 0.29) is 0 Å². The number of hydrogen-bond acceptors (Lipinski definition) is 4. The first kappa shape index (κ1) is 8.91. The first-order valence-electron chi connectivity index (χ1n) is 5.02. The number of H-pyrrole nitrogens is 1. The van der Waals surface area contributed by atoms with Crippen molar-refractivity contribution in [2.75, 3.05) is 5.73 Å². The van der Waals surface area contributed by atoms with Crippen molar-refractivity contribution >= 4 is 17.0 Å². The third-order valence-electron chi connectivity index (χ3n) is 2.69. The van der Waals surface area contributed by atoms with Gasteiger partial charge in [0.15, 0.2) is 5.82 Å². The van der Waals surface area contributed by atoms with Crippen molar-refractivity contribution in [2.45, 2.75) is 25.7 Å². The number of thiophene rings is 1. The second kappa shape index (κ2) is 3.06. The molecule has 2 heterocycles. The molecule has 1 aliphatic rings. The molecule has 1 aliphatic carbocycles. The van der Waals surface area contributed by atoms with Crippen LogP contribution in [0.4, 0.5) is 5.69 Å². The maximum atomic E-state index is 5.95. The van der Waals surface area contributed by atoms with Gasteiger partial charge >= 0.3 is 0 Å². The predicted octanol–water partition coefficient (Wildman–Crippen LogP) is 2.30. The number of nitrogen functional groups attached to an aromatic ring is 1. The molecule has 3 rings (SSSR count). The van der Waals surface area contributed by atoms with Crippen LogP contribution in [0.1, 0.15) is 30.1 Å². The van der Waals surface area contributed by atoms with Gasteiger partial charge in [-0.25, -0.2) is 4.98 Å². The number of rotatable bonds is 2. The lowest BCUT2D eigenvalue weighted by Gasteiger charge is -1.92. The van der Waals surface area contributed by atoms with E-state index in [4.69, 9.17) is 5.73 Å². The Balaban J connectivity index is 2.00. The van der Waals surface area contributed by atoms with Gasteiger partial charge in [-0.1, -0.05) is 0 Å². The zero-order valence-corrected chi connectivity index (χ0v) is 9.27. The lowest BCUT2D eigenvalue weighted by atomic mass is 10.3. The van der Waals surface area contributed by atoms with E-state index in [9.17, 15) is 0 Å². The van der Waals surface area contributed by atoms with Crippen LogP contribution in [0.25, 0.3) is 10.7 Å². The summed E-state index contributed by atoms with van der Waals surface area (Å²) in [7, 11) is 0. The van der Waals surface area contributed by atoms with Crippen molar-refractivity contribution in [3.05, 3.63) is 16.8 Å². The number of aromatic amines is 1. The van der Waals surface area contributed by atoms with E-state index in [0.717, 1.165) is 27.8 Å². The molecule has 15 heavy (non-hydrogen) atoms. The summed E-state index contributed by atoms with van der Waals surface area (Å²) in [4.78, 5) is 5.46. The first-order valence-corrected chi connectivity index (χ1v) is 5.90. The van der Waals surface area contributed by atoms with Crippen molar-refractivity contribution < 1.29 is 0 Å². The lowest BCUT2D eigenvalue weighted by Crippen LogP contribution is -1.88. The molecule has 0 aliphatic heterocycles. The lowest BCUT2D eigenvalue weighted by molar-refractivity contribution is 0.935. The van der Waals surface area contributed by atoms with Crippen LogP contribution in [-0.4, -0.2) is 15.2 Å². The molecule has 3 N–H and O–H groups in total. The summed E-state index contributed by atoms with van der Waals surface area (Å²) in [6, 6.07) is 0. The van der Waals surface area contributed by atoms with Gasteiger partial charge in [-0.15, -0.1) is 11.3 Å². The van der Waals surface area contributed by atoms with E-state index in [1.54, 1.807) is 11.3 Å². The molecule has 0 bridgehead atoms. The van der Waals surface area contributed by atoms with E-state index < -0.39 is 0 Å². The van der Waals surface area contributed by atoms with E-state index in [2.05, 4.69) is 15.2 Å². The van der Waals surface area contributed by atoms with Crippen LogP contribution in [0.2, 0.25) is 0 Å². The smallest absolute Gasteiger partial charge is 0.193 e. The zero-order chi connectivity index (χ0) is 10.4. The number of nitrogens with two attached hydrogens (primary N) is 1. The highest BCUT2D eigenvalue weighted by Crippen LogP contribution is 2.39. The van der Waals surface area contributed by atoms with Crippen molar-refractivity contribution in [3.8, 4) is 10.7 Å². The summed E-state index contributed by atoms with van der Waals surface area (Å²) < 4.78 is 0. The average Bonchev–Trinajstić information content (AvgIpc) is 2.89. The Morgan fingerprint density at radius 2 is 2.33 bits per heavy atom. The normalized spacial score (nSPS) is 15.8. The number of nitrogens with one attached hydrogen (secondary N) is 1. The van der Waals surface area contributed by atoms with E-state index in [1.807, 2.05) is 12.3 Å². The molecule has 0 amide bonds. The van der Waals surface area contributed by atoms with Crippen LogP contribution < -0.4 is 5.73 Å². The zero-order valence-electron chi connectivity index (χ0n) is 8.45. The summed E-state index contributed by atoms with van der Waals surface area (Å²) in [5.41, 5.74) is 7.86. The Hall–Kier alpha value is -1.36. The molecule has 1 fully saturated rings. The van der Waals surface area contributed by atoms with Gasteiger partial charge in [0.25, 0.3) is 0 Å². The van der Waals surface area contributed by atoms with Crippen LogP contribution in [0.15, 0.2) is 5.38 Å². The van der Waals surface area contributed by atoms with Crippen molar-refractivity contribution in [1.82, 2.24) is 15.2 Å². The fraction of sp³-hybridized carbons (Fsp3) is 0.400. The second-order valence-corrected chi connectivity index (χ2v) is 4.86. The average molecular weight is 220 g/mol. The van der Waals surface area contributed by atoms with Crippen LogP contribution in [0.3, 0.4) is 0 Å². The highest BCUT2D eigenvalue weighted by molar-refractivity contribution is 7.14. The molecule has 2 aromatic rings. The van der Waals surface area contributed by atoms with Gasteiger partial charge < -0.3 is 5.73 Å². The molecule has 78 valence electrons. The fourth-order valence-corrected chi connectivity index (χ4v) is 2.45. The maximum absolute atomic E-state index is 5.95. The first-order chi connectivity index (χ1) is 7.25. The van der Waals surface area contributed by atoms with E-state index in [1.165, 1.54) is 12.8 Å². The van der Waals surface area contributed by atoms with Crippen molar-refractivity contribution in [2.24, 2.45) is 0 Å². The molecule has 1 saturated carbocycles. The van der Waals surface area contributed by atoms with Gasteiger partial charge in [-0.2, -0.15) is 5.10 Å². The number of hydrogen-bond donors (Lipinski definition) is 2. The van der Waals surface area contributed by atoms with Gasteiger partial charge in [0.2, 0.25) is 0 Å². The van der Waals surface area contributed by atoms with Crippen molar-refractivity contribution in [1.29, 1.82) is 0 Å². The van der Waals surface area contributed by atoms with Crippen LogP contribution in [-0.2, 0) is 0 Å². The van der Waals surface area contributed by atoms with Gasteiger partial charge in [0, 0.05) is 5.92 Å². The Labute approximate surface area is 91.5 Å². The molecule has 0 atom stereocenters. The molecule has 0 aromatic carbocycles. The number of aromatic nitrogens is 3. The van der Waals surface area contributed by atoms with Gasteiger partial charge in [0.05, 0.1) is 10.6 Å². The fourth-order valence-electron chi connectivity index (χ4n) is 1.54. The molecule has 4 nitrogen and oxygen atoms in total. The molecule has 0 unspecified atom stereocenters. The molecular weight excluding hydrogens is 208 g/mol. The highest BCUT2D eigenvalue weighted by Gasteiger charge is 2.27. The van der Waals surface area contributed by atoms with Gasteiger partial charge in [0.1, 0.15) is 5.82 Å². The standard InChI is InChI=1S/C10H12N4S/c1-5-4-15-8(7(5)11)10-12-9(13-14-10)6-2-3-6/h4,6H,2-3,11H2,1H3,(H,12,13,14). The molecule has 2 aromatic heterocycles. The highest BCUT2D eigenvalue weighted by atomic mass is 32.1. The Morgan fingerprint density at radius 3 is 2.93 bits per heavy atom. The third kappa shape index (κ3) is 1.43. The molecule has 0 spiro atoms. The number of anilines is 1. The number of aryl methyl sites for hydroxylation is 1. The van der Waals surface area contributed by atoms with Crippen LogP contribution >= 0.6 is 11.3 Å². The van der Waals surface area contributed by atoms with Gasteiger partial charge in [-0.05, 0) is 30.7 Å². The van der Waals surface area contributed by atoms with Crippen LogP contribution in [0, 0.1) is 6.92 Å². The summed E-state index contributed by atoms with van der Waals surface area (Å²) in [6.07, 6.45) is 2.46. The maximum Gasteiger partial charge on any atom is 0.193 e. The minimum absolute atomic E-state index is 0.605. The van der Waals surface area contributed by atoms with Crippen molar-refractivity contribution in [3.63, 3.8) is 0 Å². The topological polar surface area (TPSA) is 67.6 Å². The molecular formula is C10H12N4S. The Morgan fingerprint density at radius 1 is 1.53 bits per heavy atom. The van der Waals surface area contributed by atoms with Gasteiger partial charge in [-0.3, -0.25) is 5.10 Å². The molecule has 5 heteroatoms.